The molecule has 30 heavy (non-hydrogen) atoms. The summed E-state index contributed by atoms with van der Waals surface area (Å²) in [5, 5.41) is 3.92. The predicted molar refractivity (Wildman–Crippen MR) is 115 cm³/mol. The summed E-state index contributed by atoms with van der Waals surface area (Å²) in [4.78, 5) is 35.6. The van der Waals surface area contributed by atoms with Crippen LogP contribution in [0.25, 0.3) is 0 Å². The second-order valence-electron chi connectivity index (χ2n) is 7.36. The highest BCUT2D eigenvalue weighted by Gasteiger charge is 2.48. The number of nitroso groups, excluding NO2 is 1. The fraction of sp³-hybridized carbons (Fsp3) is 0.333. The van der Waals surface area contributed by atoms with Crippen LogP contribution in [0.5, 0.6) is 5.75 Å². The number of hydrazine groups is 1. The number of ether oxygens (including phenoxy) is 1. The van der Waals surface area contributed by atoms with Crippen LogP contribution >= 0.6 is 23.2 Å². The summed E-state index contributed by atoms with van der Waals surface area (Å²) >= 11 is 12.2. The van der Waals surface area contributed by atoms with E-state index in [0.717, 1.165) is 11.1 Å². The van der Waals surface area contributed by atoms with Crippen molar-refractivity contribution in [1.29, 1.82) is 0 Å². The number of alkyl halides is 1. The lowest BCUT2D eigenvalue weighted by atomic mass is 9.95. The minimum absolute atomic E-state index is 0.0605. The number of β-lactam (4-membered cyclic amide) rings is 1. The molecule has 2 atom stereocenters. The lowest BCUT2D eigenvalue weighted by molar-refractivity contribution is -0.157. The number of aryl methyl sites for hydroxylation is 1. The largest absolute Gasteiger partial charge is 0.483 e. The molecule has 0 aliphatic carbocycles. The summed E-state index contributed by atoms with van der Waals surface area (Å²) in [7, 11) is 0. The summed E-state index contributed by atoms with van der Waals surface area (Å²) in [5.41, 5.74) is 5.01. The second-order valence-corrected chi connectivity index (χ2v) is 8.26. The number of halogens is 2. The Morgan fingerprint density at radius 2 is 2.03 bits per heavy atom. The summed E-state index contributed by atoms with van der Waals surface area (Å²) in [6.45, 7) is 5.32. The Balaban J connectivity index is 1.69. The first-order valence-electron chi connectivity index (χ1n) is 9.35. The van der Waals surface area contributed by atoms with E-state index in [1.165, 1.54) is 5.01 Å². The number of carbonyl (C=O) groups is 2. The van der Waals surface area contributed by atoms with Gasteiger partial charge in [-0.3, -0.25) is 15.0 Å². The normalized spacial score (nSPS) is 18.2. The van der Waals surface area contributed by atoms with Gasteiger partial charge in [-0.15, -0.1) is 16.5 Å². The van der Waals surface area contributed by atoms with Crippen molar-refractivity contribution in [2.24, 2.45) is 5.18 Å². The van der Waals surface area contributed by atoms with Crippen LogP contribution in [0.15, 0.2) is 41.6 Å². The quantitative estimate of drug-likeness (QED) is 0.374. The maximum absolute atomic E-state index is 12.4. The lowest BCUT2D eigenvalue weighted by Gasteiger charge is -2.43. The van der Waals surface area contributed by atoms with Crippen LogP contribution in [0.2, 0.25) is 5.02 Å². The SMILES string of the molecule is Cc1cc(OCC(=O)NN2C(=O)C(Cl)C2c2cccc(Cl)c2)c(C(C)C)cc1N=O. The molecule has 2 amide bonds. The first-order chi connectivity index (χ1) is 14.2. The van der Waals surface area contributed by atoms with Gasteiger partial charge in [0.2, 0.25) is 0 Å². The summed E-state index contributed by atoms with van der Waals surface area (Å²) in [5.74, 6) is -0.369. The Kier molecular flexibility index (Phi) is 6.63. The minimum atomic E-state index is -0.789. The highest BCUT2D eigenvalue weighted by Crippen LogP contribution is 2.38. The van der Waals surface area contributed by atoms with Crippen LogP contribution < -0.4 is 10.2 Å². The van der Waals surface area contributed by atoms with Gasteiger partial charge < -0.3 is 4.74 Å². The summed E-state index contributed by atoms with van der Waals surface area (Å²) < 4.78 is 5.68. The number of nitrogens with one attached hydrogen (secondary N) is 1. The molecule has 1 heterocycles. The van der Waals surface area contributed by atoms with Gasteiger partial charge in [-0.1, -0.05) is 37.6 Å². The van der Waals surface area contributed by atoms with E-state index >= 15 is 0 Å². The van der Waals surface area contributed by atoms with Crippen LogP contribution in [-0.2, 0) is 9.59 Å². The molecule has 1 aliphatic heterocycles. The van der Waals surface area contributed by atoms with Gasteiger partial charge in [-0.2, -0.15) is 0 Å². The molecule has 1 fully saturated rings. The number of carbonyl (C=O) groups excluding carboxylic acids is 2. The molecule has 1 N–H and O–H groups in total. The van der Waals surface area contributed by atoms with Crippen LogP contribution in [0.3, 0.4) is 0 Å². The van der Waals surface area contributed by atoms with Crippen molar-refractivity contribution >= 4 is 40.7 Å². The topological polar surface area (TPSA) is 88.1 Å². The molecular formula is C21H21Cl2N3O4. The molecule has 3 rings (SSSR count). The molecule has 0 radical (unpaired) electrons. The molecule has 2 aromatic carbocycles. The Hall–Kier alpha value is -2.64. The fourth-order valence-corrected chi connectivity index (χ4v) is 3.82. The number of amides is 2. The maximum atomic E-state index is 12.4. The highest BCUT2D eigenvalue weighted by molar-refractivity contribution is 6.34. The average Bonchev–Trinajstić information content (AvgIpc) is 2.71. The van der Waals surface area contributed by atoms with E-state index < -0.39 is 23.2 Å². The number of nitrogens with zero attached hydrogens (tertiary/aromatic N) is 2. The zero-order valence-electron chi connectivity index (χ0n) is 16.7. The molecule has 9 heteroatoms. The Bertz CT molecular complexity index is 996. The molecule has 2 aromatic rings. The molecule has 7 nitrogen and oxygen atoms in total. The van der Waals surface area contributed by atoms with Crippen molar-refractivity contribution in [3.8, 4) is 5.75 Å². The molecule has 158 valence electrons. The third-order valence-electron chi connectivity index (χ3n) is 4.87. The van der Waals surface area contributed by atoms with E-state index in [9.17, 15) is 14.5 Å². The van der Waals surface area contributed by atoms with E-state index in [4.69, 9.17) is 27.9 Å². The van der Waals surface area contributed by atoms with Gasteiger partial charge in [0.25, 0.3) is 11.8 Å². The van der Waals surface area contributed by atoms with Gasteiger partial charge in [0.05, 0.1) is 0 Å². The van der Waals surface area contributed by atoms with E-state index in [0.29, 0.717) is 22.0 Å². The summed E-state index contributed by atoms with van der Waals surface area (Å²) in [6.07, 6.45) is 0. The molecule has 0 spiro atoms. The van der Waals surface area contributed by atoms with Crippen molar-refractivity contribution in [2.75, 3.05) is 6.61 Å². The van der Waals surface area contributed by atoms with Gasteiger partial charge in [-0.25, -0.2) is 5.01 Å². The van der Waals surface area contributed by atoms with Gasteiger partial charge in [0, 0.05) is 5.02 Å². The standard InChI is InChI=1S/C21H21Cl2N3O4/c1-11(2)15-9-16(25-29)12(3)7-17(15)30-10-18(27)24-26-20(19(23)21(26)28)13-5-4-6-14(22)8-13/h4-9,11,19-20H,10H2,1-3H3,(H,24,27). The molecular weight excluding hydrogens is 429 g/mol. The Labute approximate surface area is 184 Å². The van der Waals surface area contributed by atoms with Crippen LogP contribution in [0, 0.1) is 11.8 Å². The third kappa shape index (κ3) is 4.42. The molecule has 1 aliphatic rings. The Morgan fingerprint density at radius 3 is 2.67 bits per heavy atom. The van der Waals surface area contributed by atoms with E-state index in [1.54, 1.807) is 43.3 Å². The second kappa shape index (κ2) is 9.02. The minimum Gasteiger partial charge on any atom is -0.483 e. The molecule has 1 saturated heterocycles. The van der Waals surface area contributed by atoms with Gasteiger partial charge in [-0.05, 0) is 59.0 Å². The van der Waals surface area contributed by atoms with Gasteiger partial charge >= 0.3 is 0 Å². The fourth-order valence-electron chi connectivity index (χ4n) is 3.26. The van der Waals surface area contributed by atoms with Crippen LogP contribution in [0.4, 0.5) is 5.69 Å². The van der Waals surface area contributed by atoms with Crippen molar-refractivity contribution in [3.05, 3.63) is 63.0 Å². The first kappa shape index (κ1) is 22.1. The molecule has 0 bridgehead atoms. The Morgan fingerprint density at radius 1 is 1.30 bits per heavy atom. The third-order valence-corrected chi connectivity index (χ3v) is 5.53. The zero-order valence-corrected chi connectivity index (χ0v) is 18.2. The van der Waals surface area contributed by atoms with E-state index in [-0.39, 0.29) is 12.5 Å². The number of rotatable bonds is 7. The molecule has 0 saturated carbocycles. The summed E-state index contributed by atoms with van der Waals surface area (Å²) in [6, 6.07) is 9.77. The predicted octanol–water partition coefficient (Wildman–Crippen LogP) is 4.77. The number of hydrogen-bond donors (Lipinski definition) is 1. The monoisotopic (exact) mass is 449 g/mol. The van der Waals surface area contributed by atoms with Crippen LogP contribution in [-0.4, -0.2) is 28.8 Å². The smallest absolute Gasteiger partial charge is 0.276 e. The maximum Gasteiger partial charge on any atom is 0.276 e. The van der Waals surface area contributed by atoms with Crippen LogP contribution in [0.1, 0.15) is 42.5 Å². The average molecular weight is 450 g/mol. The molecule has 2 unspecified atom stereocenters. The number of hydrogen-bond acceptors (Lipinski definition) is 5. The zero-order chi connectivity index (χ0) is 22.0. The number of benzene rings is 2. The van der Waals surface area contributed by atoms with Crippen molar-refractivity contribution < 1.29 is 14.3 Å². The van der Waals surface area contributed by atoms with Gasteiger partial charge in [0.15, 0.2) is 6.61 Å². The molecule has 0 aromatic heterocycles. The lowest BCUT2D eigenvalue weighted by Crippen LogP contribution is -2.63. The van der Waals surface area contributed by atoms with Gasteiger partial charge in [0.1, 0.15) is 22.9 Å². The first-order valence-corrected chi connectivity index (χ1v) is 10.2. The van der Waals surface area contributed by atoms with E-state index in [2.05, 4.69) is 10.6 Å². The highest BCUT2D eigenvalue weighted by atomic mass is 35.5. The van der Waals surface area contributed by atoms with Crippen molar-refractivity contribution in [2.45, 2.75) is 38.1 Å². The van der Waals surface area contributed by atoms with Crippen molar-refractivity contribution in [1.82, 2.24) is 10.4 Å². The van der Waals surface area contributed by atoms with Crippen molar-refractivity contribution in [3.63, 3.8) is 0 Å². The van der Waals surface area contributed by atoms with E-state index in [1.807, 2.05) is 13.8 Å².